The van der Waals surface area contributed by atoms with E-state index in [9.17, 15) is 4.79 Å². The Morgan fingerprint density at radius 2 is 1.92 bits per heavy atom. The molecule has 0 saturated carbocycles. The van der Waals surface area contributed by atoms with Crippen molar-refractivity contribution in [3.05, 3.63) is 0 Å². The molecule has 0 saturated heterocycles. The van der Waals surface area contributed by atoms with Crippen LogP contribution >= 0.6 is 0 Å². The molecule has 0 rings (SSSR count). The molecule has 0 fully saturated rings. The Morgan fingerprint density at radius 3 is 2.42 bits per heavy atom. The quantitative estimate of drug-likeness (QED) is 0.622. The summed E-state index contributed by atoms with van der Waals surface area (Å²) in [6.45, 7) is 4.27. The lowest BCUT2D eigenvalue weighted by atomic mass is 10.2. The van der Waals surface area contributed by atoms with E-state index in [-0.39, 0.29) is 5.91 Å². The van der Waals surface area contributed by atoms with Crippen LogP contribution in [-0.2, 0) is 4.79 Å². The highest BCUT2D eigenvalue weighted by atomic mass is 16.1. The van der Waals surface area contributed by atoms with E-state index in [1.807, 2.05) is 0 Å². The van der Waals surface area contributed by atoms with Crippen LogP contribution in [0, 0.1) is 0 Å². The molecule has 0 aliphatic carbocycles. The first-order valence-electron chi connectivity index (χ1n) is 4.63. The summed E-state index contributed by atoms with van der Waals surface area (Å²) in [4.78, 5) is 12.6. The average molecular weight is 172 g/mol. The number of carbonyl (C=O) groups excluding carboxylic acids is 1. The lowest BCUT2D eigenvalue weighted by molar-refractivity contribution is -0.118. The van der Waals surface area contributed by atoms with Crippen molar-refractivity contribution in [2.45, 2.75) is 32.6 Å². The third-order valence-electron chi connectivity index (χ3n) is 1.86. The number of nitrogens with zero attached hydrogens (tertiary/aromatic N) is 1. The fourth-order valence-electron chi connectivity index (χ4n) is 1.06. The van der Waals surface area contributed by atoms with Crippen LogP contribution in [0.25, 0.3) is 0 Å². The van der Waals surface area contributed by atoms with Gasteiger partial charge in [0, 0.05) is 6.42 Å². The van der Waals surface area contributed by atoms with Crippen molar-refractivity contribution in [3.63, 3.8) is 0 Å². The molecule has 0 radical (unpaired) electrons. The van der Waals surface area contributed by atoms with Crippen molar-refractivity contribution in [3.8, 4) is 0 Å². The van der Waals surface area contributed by atoms with E-state index in [2.05, 4.69) is 18.9 Å². The minimum atomic E-state index is -0.195. The zero-order valence-corrected chi connectivity index (χ0v) is 8.18. The zero-order valence-electron chi connectivity index (χ0n) is 8.18. The Kier molecular flexibility index (Phi) is 6.76. The van der Waals surface area contributed by atoms with Gasteiger partial charge in [-0.05, 0) is 33.0 Å². The van der Waals surface area contributed by atoms with E-state index in [1.165, 1.54) is 12.8 Å². The van der Waals surface area contributed by atoms with Gasteiger partial charge in [-0.15, -0.1) is 0 Å². The summed E-state index contributed by atoms with van der Waals surface area (Å²) in [5.74, 6) is -0.195. The largest absolute Gasteiger partial charge is 0.370 e. The van der Waals surface area contributed by atoms with Crippen molar-refractivity contribution in [2.75, 3.05) is 20.1 Å². The smallest absolute Gasteiger partial charge is 0.217 e. The van der Waals surface area contributed by atoms with Gasteiger partial charge in [-0.25, -0.2) is 0 Å². The molecule has 72 valence electrons. The molecule has 0 aromatic carbocycles. The molecule has 0 heterocycles. The number of hydrogen-bond acceptors (Lipinski definition) is 2. The van der Waals surface area contributed by atoms with Crippen LogP contribution in [0.3, 0.4) is 0 Å². The number of unbranched alkanes of at least 4 members (excludes halogenated alkanes) is 1. The second kappa shape index (κ2) is 7.10. The first kappa shape index (κ1) is 11.4. The molecule has 3 nitrogen and oxygen atoms in total. The molecular formula is C9H20N2O. The van der Waals surface area contributed by atoms with Gasteiger partial charge in [0.05, 0.1) is 0 Å². The Labute approximate surface area is 74.9 Å². The summed E-state index contributed by atoms with van der Waals surface area (Å²) in [6, 6.07) is 0. The third kappa shape index (κ3) is 7.54. The molecule has 0 aromatic rings. The maximum atomic E-state index is 10.4. The summed E-state index contributed by atoms with van der Waals surface area (Å²) in [7, 11) is 2.08. The number of hydrogen-bond donors (Lipinski definition) is 1. The minimum Gasteiger partial charge on any atom is -0.370 e. The standard InChI is InChI=1S/C9H20N2O/c1-3-4-7-11(2)8-5-6-9(10)12/h3-8H2,1-2H3,(H2,10,12). The van der Waals surface area contributed by atoms with Gasteiger partial charge in [0.1, 0.15) is 0 Å². The molecule has 1 amide bonds. The van der Waals surface area contributed by atoms with Gasteiger partial charge in [0.25, 0.3) is 0 Å². The molecule has 3 heteroatoms. The van der Waals surface area contributed by atoms with Gasteiger partial charge in [-0.2, -0.15) is 0 Å². The van der Waals surface area contributed by atoms with E-state index in [4.69, 9.17) is 5.73 Å². The lowest BCUT2D eigenvalue weighted by Crippen LogP contribution is -2.22. The predicted molar refractivity (Wildman–Crippen MR) is 50.8 cm³/mol. The van der Waals surface area contributed by atoms with Crippen molar-refractivity contribution < 1.29 is 4.79 Å². The molecule has 0 spiro atoms. The molecule has 0 aromatic heterocycles. The average Bonchev–Trinajstić information content (AvgIpc) is 2.00. The summed E-state index contributed by atoms with van der Waals surface area (Å²) >= 11 is 0. The van der Waals surface area contributed by atoms with Crippen LogP contribution in [-0.4, -0.2) is 30.9 Å². The first-order valence-corrected chi connectivity index (χ1v) is 4.63. The van der Waals surface area contributed by atoms with E-state index in [0.717, 1.165) is 19.5 Å². The van der Waals surface area contributed by atoms with Gasteiger partial charge in [0.15, 0.2) is 0 Å². The van der Waals surface area contributed by atoms with Crippen molar-refractivity contribution in [2.24, 2.45) is 5.73 Å². The van der Waals surface area contributed by atoms with Gasteiger partial charge in [-0.1, -0.05) is 13.3 Å². The number of carbonyl (C=O) groups is 1. The Morgan fingerprint density at radius 1 is 1.33 bits per heavy atom. The fraction of sp³-hybridized carbons (Fsp3) is 0.889. The highest BCUT2D eigenvalue weighted by Gasteiger charge is 1.98. The Hall–Kier alpha value is -0.570. The van der Waals surface area contributed by atoms with Crippen molar-refractivity contribution in [1.29, 1.82) is 0 Å². The topological polar surface area (TPSA) is 46.3 Å². The molecular weight excluding hydrogens is 152 g/mol. The van der Waals surface area contributed by atoms with Crippen LogP contribution in [0.1, 0.15) is 32.6 Å². The second-order valence-electron chi connectivity index (χ2n) is 3.23. The molecule has 2 N–H and O–H groups in total. The zero-order chi connectivity index (χ0) is 9.40. The summed E-state index contributed by atoms with van der Waals surface area (Å²) in [5.41, 5.74) is 5.02. The number of nitrogens with two attached hydrogens (primary N) is 1. The van der Waals surface area contributed by atoms with Gasteiger partial charge < -0.3 is 10.6 Å². The van der Waals surface area contributed by atoms with Crippen molar-refractivity contribution in [1.82, 2.24) is 4.90 Å². The van der Waals surface area contributed by atoms with Crippen LogP contribution in [0.5, 0.6) is 0 Å². The van der Waals surface area contributed by atoms with Gasteiger partial charge >= 0.3 is 0 Å². The monoisotopic (exact) mass is 172 g/mol. The van der Waals surface area contributed by atoms with E-state index in [0.29, 0.717) is 6.42 Å². The van der Waals surface area contributed by atoms with E-state index in [1.54, 1.807) is 0 Å². The van der Waals surface area contributed by atoms with Gasteiger partial charge in [0.2, 0.25) is 5.91 Å². The Balaban J connectivity index is 3.19. The summed E-state index contributed by atoms with van der Waals surface area (Å²) in [6.07, 6.45) is 3.85. The molecule has 0 aliphatic heterocycles. The maximum Gasteiger partial charge on any atom is 0.217 e. The van der Waals surface area contributed by atoms with E-state index >= 15 is 0 Å². The highest BCUT2D eigenvalue weighted by molar-refractivity contribution is 5.73. The molecule has 0 atom stereocenters. The van der Waals surface area contributed by atoms with Crippen LogP contribution < -0.4 is 5.73 Å². The summed E-state index contributed by atoms with van der Waals surface area (Å²) < 4.78 is 0. The third-order valence-corrected chi connectivity index (χ3v) is 1.86. The normalized spacial score (nSPS) is 10.6. The predicted octanol–water partition coefficient (Wildman–Crippen LogP) is 0.984. The van der Waals surface area contributed by atoms with Crippen LogP contribution in [0.2, 0.25) is 0 Å². The fourth-order valence-corrected chi connectivity index (χ4v) is 1.06. The first-order chi connectivity index (χ1) is 5.66. The number of primary amides is 1. The SMILES string of the molecule is CCCCN(C)CCCC(N)=O. The highest BCUT2D eigenvalue weighted by Crippen LogP contribution is 1.95. The van der Waals surface area contributed by atoms with Crippen LogP contribution in [0.4, 0.5) is 0 Å². The summed E-state index contributed by atoms with van der Waals surface area (Å²) in [5, 5.41) is 0. The Bertz CT molecular complexity index is 126. The van der Waals surface area contributed by atoms with Gasteiger partial charge in [-0.3, -0.25) is 4.79 Å². The molecule has 12 heavy (non-hydrogen) atoms. The molecule has 0 bridgehead atoms. The minimum absolute atomic E-state index is 0.195. The molecule has 0 unspecified atom stereocenters. The lowest BCUT2D eigenvalue weighted by Gasteiger charge is -2.14. The second-order valence-corrected chi connectivity index (χ2v) is 3.23. The number of amides is 1. The number of rotatable bonds is 7. The van der Waals surface area contributed by atoms with Crippen LogP contribution in [0.15, 0.2) is 0 Å². The van der Waals surface area contributed by atoms with Crippen molar-refractivity contribution >= 4 is 5.91 Å². The molecule has 0 aliphatic rings. The maximum absolute atomic E-state index is 10.4. The van der Waals surface area contributed by atoms with E-state index < -0.39 is 0 Å².